The largest absolute Gasteiger partial charge is 0.496 e. The molecule has 3 aromatic rings. The molecule has 22 heavy (non-hydrogen) atoms. The van der Waals surface area contributed by atoms with Gasteiger partial charge in [0.15, 0.2) is 11.5 Å². The lowest BCUT2D eigenvalue weighted by molar-refractivity contribution is 0.101. The van der Waals surface area contributed by atoms with Crippen LogP contribution in [-0.2, 0) is 0 Å². The van der Waals surface area contributed by atoms with E-state index < -0.39 is 0 Å². The molecule has 2 aromatic heterocycles. The number of rotatable bonds is 4. The molecule has 0 saturated heterocycles. The molecule has 0 aliphatic carbocycles. The molecule has 6 heteroatoms. The van der Waals surface area contributed by atoms with Crippen LogP contribution in [0.25, 0.3) is 11.3 Å². The Labute approximate surface area is 126 Å². The van der Waals surface area contributed by atoms with Crippen LogP contribution in [0.3, 0.4) is 0 Å². The molecule has 3 rings (SSSR count). The van der Waals surface area contributed by atoms with Gasteiger partial charge in [0.2, 0.25) is 0 Å². The number of nitrogens with zero attached hydrogens (tertiary/aromatic N) is 2. The smallest absolute Gasteiger partial charge is 0.277 e. The maximum absolute atomic E-state index is 12.1. The van der Waals surface area contributed by atoms with Crippen LogP contribution in [0.1, 0.15) is 10.5 Å². The highest BCUT2D eigenvalue weighted by Crippen LogP contribution is 2.30. The number of aromatic nitrogens is 2. The summed E-state index contributed by atoms with van der Waals surface area (Å²) < 4.78 is 10.5. The zero-order chi connectivity index (χ0) is 15.4. The fraction of sp³-hybridized carbons (Fsp3) is 0.0625. The third-order valence-corrected chi connectivity index (χ3v) is 3.05. The van der Waals surface area contributed by atoms with Crippen LogP contribution in [0.2, 0.25) is 0 Å². The van der Waals surface area contributed by atoms with E-state index in [0.717, 1.165) is 5.56 Å². The monoisotopic (exact) mass is 295 g/mol. The zero-order valence-corrected chi connectivity index (χ0v) is 11.8. The van der Waals surface area contributed by atoms with Crippen molar-refractivity contribution in [2.45, 2.75) is 0 Å². The second-order valence-corrected chi connectivity index (χ2v) is 4.47. The Morgan fingerprint density at radius 1 is 1.18 bits per heavy atom. The van der Waals surface area contributed by atoms with E-state index in [0.29, 0.717) is 17.2 Å². The number of hydrogen-bond acceptors (Lipinski definition) is 5. The van der Waals surface area contributed by atoms with Gasteiger partial charge in [-0.25, -0.2) is 0 Å². The first kappa shape index (κ1) is 13.8. The molecule has 0 atom stereocenters. The van der Waals surface area contributed by atoms with E-state index in [1.165, 1.54) is 0 Å². The van der Waals surface area contributed by atoms with Gasteiger partial charge < -0.3 is 14.6 Å². The van der Waals surface area contributed by atoms with Crippen LogP contribution in [-0.4, -0.2) is 23.2 Å². The van der Waals surface area contributed by atoms with Crippen LogP contribution < -0.4 is 10.1 Å². The van der Waals surface area contributed by atoms with Crippen molar-refractivity contribution in [2.75, 3.05) is 12.4 Å². The van der Waals surface area contributed by atoms with E-state index >= 15 is 0 Å². The predicted octanol–water partition coefficient (Wildman–Crippen LogP) is 3.00. The minimum absolute atomic E-state index is 0.192. The summed E-state index contributed by atoms with van der Waals surface area (Å²) in [4.78, 5) is 16.0. The summed E-state index contributed by atoms with van der Waals surface area (Å²) in [5.41, 5.74) is 1.57. The van der Waals surface area contributed by atoms with Gasteiger partial charge in [-0.15, -0.1) is 0 Å². The molecule has 0 saturated carbocycles. The van der Waals surface area contributed by atoms with E-state index in [4.69, 9.17) is 9.26 Å². The van der Waals surface area contributed by atoms with Crippen molar-refractivity contribution in [2.24, 2.45) is 0 Å². The molecular formula is C16H13N3O3. The predicted molar refractivity (Wildman–Crippen MR) is 80.7 cm³/mol. The molecule has 0 bridgehead atoms. The number of carbonyl (C=O) groups excluding carboxylic acids is 1. The molecule has 6 nitrogen and oxygen atoms in total. The summed E-state index contributed by atoms with van der Waals surface area (Å²) in [5.74, 6) is 0.771. The first-order valence-corrected chi connectivity index (χ1v) is 6.59. The third kappa shape index (κ3) is 2.80. The number of methoxy groups -OCH3 is 1. The Balaban J connectivity index is 1.83. The van der Waals surface area contributed by atoms with Gasteiger partial charge >= 0.3 is 0 Å². The molecule has 1 amide bonds. The number of nitrogens with one attached hydrogen (secondary N) is 1. The molecule has 0 aliphatic heterocycles. The minimum atomic E-state index is -0.351. The fourth-order valence-corrected chi connectivity index (χ4v) is 1.99. The molecule has 0 fully saturated rings. The van der Waals surface area contributed by atoms with Crippen LogP contribution >= 0.6 is 0 Å². The highest BCUT2D eigenvalue weighted by atomic mass is 16.5. The van der Waals surface area contributed by atoms with E-state index in [1.54, 1.807) is 37.7 Å². The maximum atomic E-state index is 12.1. The molecule has 0 unspecified atom stereocenters. The van der Waals surface area contributed by atoms with Gasteiger partial charge in [0, 0.05) is 24.1 Å². The van der Waals surface area contributed by atoms with Crippen molar-refractivity contribution in [3.8, 4) is 17.1 Å². The summed E-state index contributed by atoms with van der Waals surface area (Å²) in [6.07, 6.45) is 3.19. The van der Waals surface area contributed by atoms with Crippen molar-refractivity contribution in [1.82, 2.24) is 10.1 Å². The van der Waals surface area contributed by atoms with Gasteiger partial charge in [-0.3, -0.25) is 9.78 Å². The summed E-state index contributed by atoms with van der Waals surface area (Å²) in [5, 5.41) is 6.52. The number of amides is 1. The van der Waals surface area contributed by atoms with Gasteiger partial charge in [0.05, 0.1) is 12.7 Å². The van der Waals surface area contributed by atoms with E-state index in [-0.39, 0.29) is 11.6 Å². The summed E-state index contributed by atoms with van der Waals surface area (Å²) in [7, 11) is 1.58. The Morgan fingerprint density at radius 2 is 1.95 bits per heavy atom. The molecule has 0 aliphatic rings. The van der Waals surface area contributed by atoms with Gasteiger partial charge in [0.25, 0.3) is 5.91 Å². The highest BCUT2D eigenvalue weighted by Gasteiger charge is 2.16. The first-order valence-electron chi connectivity index (χ1n) is 6.59. The number of hydrogen-bond donors (Lipinski definition) is 1. The third-order valence-electron chi connectivity index (χ3n) is 3.05. The number of anilines is 1. The van der Waals surface area contributed by atoms with Crippen LogP contribution in [0, 0.1) is 0 Å². The summed E-state index contributed by atoms with van der Waals surface area (Å²) >= 11 is 0. The van der Waals surface area contributed by atoms with Crippen molar-refractivity contribution >= 4 is 11.6 Å². The Morgan fingerprint density at radius 3 is 2.73 bits per heavy atom. The number of ether oxygens (including phenoxy) is 1. The van der Waals surface area contributed by atoms with Crippen molar-refractivity contribution in [3.63, 3.8) is 0 Å². The topological polar surface area (TPSA) is 77.2 Å². The van der Waals surface area contributed by atoms with Gasteiger partial charge in [0.1, 0.15) is 5.75 Å². The highest BCUT2D eigenvalue weighted by molar-refractivity contribution is 6.03. The Kier molecular flexibility index (Phi) is 3.82. The lowest BCUT2D eigenvalue weighted by Gasteiger charge is -2.03. The minimum Gasteiger partial charge on any atom is -0.496 e. The van der Waals surface area contributed by atoms with E-state index in [1.807, 2.05) is 24.3 Å². The summed E-state index contributed by atoms with van der Waals surface area (Å²) in [6, 6.07) is 12.3. The summed E-state index contributed by atoms with van der Waals surface area (Å²) in [6.45, 7) is 0. The van der Waals surface area contributed by atoms with Crippen LogP contribution in [0.5, 0.6) is 5.75 Å². The number of pyridine rings is 1. The number of carbonyl (C=O) groups is 1. The Bertz CT molecular complexity index is 784. The standard InChI is InChI=1S/C16H13N3O3/c1-21-14-5-3-2-4-12(14)15-10-13(19-22-15)16(20)18-11-6-8-17-9-7-11/h2-10H,1H3,(H,17,18,20). The molecule has 1 N–H and O–H groups in total. The van der Waals surface area contributed by atoms with Gasteiger partial charge in [-0.05, 0) is 24.3 Å². The first-order chi connectivity index (χ1) is 10.8. The molecule has 1 aromatic carbocycles. The van der Waals surface area contributed by atoms with E-state index in [2.05, 4.69) is 15.5 Å². The van der Waals surface area contributed by atoms with E-state index in [9.17, 15) is 4.79 Å². The number of para-hydroxylation sites is 1. The van der Waals surface area contributed by atoms with Crippen LogP contribution in [0.15, 0.2) is 59.4 Å². The van der Waals surface area contributed by atoms with Gasteiger partial charge in [-0.1, -0.05) is 17.3 Å². The van der Waals surface area contributed by atoms with Crippen molar-refractivity contribution < 1.29 is 14.1 Å². The average molecular weight is 295 g/mol. The maximum Gasteiger partial charge on any atom is 0.277 e. The lowest BCUT2D eigenvalue weighted by atomic mass is 10.1. The molecule has 2 heterocycles. The quantitative estimate of drug-likeness (QED) is 0.800. The van der Waals surface area contributed by atoms with Crippen LogP contribution in [0.4, 0.5) is 5.69 Å². The fourth-order valence-electron chi connectivity index (χ4n) is 1.99. The number of benzene rings is 1. The zero-order valence-electron chi connectivity index (χ0n) is 11.8. The van der Waals surface area contributed by atoms with Crippen molar-refractivity contribution in [1.29, 1.82) is 0 Å². The molecule has 110 valence electrons. The lowest BCUT2D eigenvalue weighted by Crippen LogP contribution is -2.11. The molecule has 0 spiro atoms. The SMILES string of the molecule is COc1ccccc1-c1cc(C(=O)Nc2ccncc2)no1. The molecule has 0 radical (unpaired) electrons. The van der Waals surface area contributed by atoms with Crippen molar-refractivity contribution in [3.05, 3.63) is 60.6 Å². The Hall–Kier alpha value is -3.15. The second kappa shape index (κ2) is 6.09. The molecular weight excluding hydrogens is 282 g/mol. The second-order valence-electron chi connectivity index (χ2n) is 4.47. The average Bonchev–Trinajstić information content (AvgIpc) is 3.05. The van der Waals surface area contributed by atoms with Gasteiger partial charge in [-0.2, -0.15) is 0 Å². The normalized spacial score (nSPS) is 10.2.